The van der Waals surface area contributed by atoms with Crippen molar-refractivity contribution in [1.29, 1.82) is 0 Å². The van der Waals surface area contributed by atoms with Gasteiger partial charge in [-0.1, -0.05) is 0 Å². The maximum absolute atomic E-state index is 13.9. The summed E-state index contributed by atoms with van der Waals surface area (Å²) in [6.07, 6.45) is 5.12. The van der Waals surface area contributed by atoms with Crippen molar-refractivity contribution in [3.8, 4) is 22.4 Å². The fourth-order valence-electron chi connectivity index (χ4n) is 2.11. The highest BCUT2D eigenvalue weighted by atomic mass is 19.1. The number of hydrogen-bond donors (Lipinski definition) is 0. The van der Waals surface area contributed by atoms with Crippen LogP contribution in [0.4, 0.5) is 8.78 Å². The molecule has 3 rings (SSSR count). The van der Waals surface area contributed by atoms with Crippen molar-refractivity contribution in [2.24, 2.45) is 7.05 Å². The maximum Gasteiger partial charge on any atom is 0.135 e. The zero-order valence-corrected chi connectivity index (χ0v) is 10.7. The van der Waals surface area contributed by atoms with Crippen LogP contribution in [0.2, 0.25) is 0 Å². The molecule has 0 bridgehead atoms. The first kappa shape index (κ1) is 12.5. The second kappa shape index (κ2) is 4.85. The molecule has 100 valence electrons. The molecule has 1 aromatic carbocycles. The Labute approximate surface area is 114 Å². The van der Waals surface area contributed by atoms with Crippen molar-refractivity contribution in [2.45, 2.75) is 0 Å². The fourth-order valence-corrected chi connectivity index (χ4v) is 2.11. The lowest BCUT2D eigenvalue weighted by atomic mass is 10.0. The van der Waals surface area contributed by atoms with Gasteiger partial charge in [-0.2, -0.15) is 5.10 Å². The van der Waals surface area contributed by atoms with Gasteiger partial charge in [-0.3, -0.25) is 9.67 Å². The Morgan fingerprint density at radius 1 is 1.00 bits per heavy atom. The van der Waals surface area contributed by atoms with Gasteiger partial charge < -0.3 is 0 Å². The molecule has 2 heterocycles. The van der Waals surface area contributed by atoms with Gasteiger partial charge in [-0.05, 0) is 29.8 Å². The summed E-state index contributed by atoms with van der Waals surface area (Å²) in [4.78, 5) is 3.96. The molecular weight excluding hydrogens is 260 g/mol. The Morgan fingerprint density at radius 2 is 1.75 bits per heavy atom. The third-order valence-electron chi connectivity index (χ3n) is 3.01. The zero-order chi connectivity index (χ0) is 14.1. The van der Waals surface area contributed by atoms with Crippen molar-refractivity contribution in [1.82, 2.24) is 14.8 Å². The lowest BCUT2D eigenvalue weighted by Crippen LogP contribution is -1.91. The van der Waals surface area contributed by atoms with Gasteiger partial charge in [-0.25, -0.2) is 8.78 Å². The fraction of sp³-hybridized carbons (Fsp3) is 0.0667. The van der Waals surface area contributed by atoms with Crippen molar-refractivity contribution in [2.75, 3.05) is 0 Å². The summed E-state index contributed by atoms with van der Waals surface area (Å²) in [5.41, 5.74) is 2.42. The lowest BCUT2D eigenvalue weighted by Gasteiger charge is -2.04. The summed E-state index contributed by atoms with van der Waals surface area (Å²) in [6.45, 7) is 0. The van der Waals surface area contributed by atoms with E-state index in [1.54, 1.807) is 30.3 Å². The van der Waals surface area contributed by atoms with E-state index in [-0.39, 0.29) is 5.56 Å². The predicted octanol–water partition coefficient (Wildman–Crippen LogP) is 3.43. The van der Waals surface area contributed by atoms with Crippen LogP contribution in [0, 0.1) is 11.6 Å². The molecule has 3 nitrogen and oxygen atoms in total. The van der Waals surface area contributed by atoms with E-state index in [0.717, 1.165) is 17.2 Å². The molecule has 0 radical (unpaired) electrons. The van der Waals surface area contributed by atoms with Crippen molar-refractivity contribution < 1.29 is 8.78 Å². The molecule has 0 aliphatic heterocycles. The van der Waals surface area contributed by atoms with E-state index < -0.39 is 11.6 Å². The summed E-state index contributed by atoms with van der Waals surface area (Å²) in [5, 5.41) is 4.28. The van der Waals surface area contributed by atoms with E-state index in [1.807, 2.05) is 12.1 Å². The highest BCUT2D eigenvalue weighted by molar-refractivity contribution is 5.80. The molecule has 0 N–H and O–H groups in total. The number of pyridine rings is 1. The van der Waals surface area contributed by atoms with Crippen LogP contribution in [0.25, 0.3) is 22.4 Å². The molecule has 2 aromatic heterocycles. The zero-order valence-electron chi connectivity index (χ0n) is 10.7. The Hall–Kier alpha value is -2.56. The molecule has 0 saturated carbocycles. The Bertz CT molecular complexity index is 751. The van der Waals surface area contributed by atoms with Crippen LogP contribution in [-0.4, -0.2) is 14.8 Å². The first-order valence-electron chi connectivity index (χ1n) is 6.04. The van der Waals surface area contributed by atoms with Gasteiger partial charge in [0.2, 0.25) is 0 Å². The van der Waals surface area contributed by atoms with E-state index in [4.69, 9.17) is 0 Å². The Balaban J connectivity index is 2.20. The largest absolute Gasteiger partial charge is 0.275 e. The first-order chi connectivity index (χ1) is 9.65. The van der Waals surface area contributed by atoms with Gasteiger partial charge in [0, 0.05) is 42.8 Å². The molecule has 0 aliphatic carbocycles. The summed E-state index contributed by atoms with van der Waals surface area (Å²) < 4.78 is 28.6. The molecule has 0 spiro atoms. The minimum atomic E-state index is -0.626. The smallest absolute Gasteiger partial charge is 0.135 e. The highest BCUT2D eigenvalue weighted by Gasteiger charge is 2.15. The topological polar surface area (TPSA) is 30.7 Å². The van der Waals surface area contributed by atoms with Crippen molar-refractivity contribution in [3.63, 3.8) is 0 Å². The summed E-state index contributed by atoms with van der Waals surface area (Å²) >= 11 is 0. The average Bonchev–Trinajstić information content (AvgIpc) is 2.81. The van der Waals surface area contributed by atoms with Crippen LogP contribution in [0.3, 0.4) is 0 Å². The van der Waals surface area contributed by atoms with Crippen LogP contribution in [0.5, 0.6) is 0 Å². The molecule has 0 amide bonds. The maximum atomic E-state index is 13.9. The standard InChI is InChI=1S/C15H11F2N3/c1-20-9-13(10-4-6-18-7-5-10)15(19-20)12-3-2-11(16)8-14(12)17/h2-9H,1H3. The normalized spacial score (nSPS) is 10.8. The van der Waals surface area contributed by atoms with Crippen molar-refractivity contribution in [3.05, 3.63) is 60.6 Å². The van der Waals surface area contributed by atoms with Gasteiger partial charge in [0.05, 0.1) is 0 Å². The predicted molar refractivity (Wildman–Crippen MR) is 71.8 cm³/mol. The number of aryl methyl sites for hydroxylation is 1. The van der Waals surface area contributed by atoms with Crippen LogP contribution in [0.15, 0.2) is 48.9 Å². The molecule has 0 saturated heterocycles. The Kier molecular flexibility index (Phi) is 3.02. The van der Waals surface area contributed by atoms with E-state index >= 15 is 0 Å². The van der Waals surface area contributed by atoms with Crippen LogP contribution in [0.1, 0.15) is 0 Å². The molecule has 20 heavy (non-hydrogen) atoms. The van der Waals surface area contributed by atoms with Gasteiger partial charge in [0.25, 0.3) is 0 Å². The molecule has 5 heteroatoms. The summed E-state index contributed by atoms with van der Waals surface area (Å²) in [5.74, 6) is -1.23. The van der Waals surface area contributed by atoms with E-state index in [1.165, 1.54) is 12.1 Å². The van der Waals surface area contributed by atoms with Crippen LogP contribution < -0.4 is 0 Å². The minimum Gasteiger partial charge on any atom is -0.275 e. The first-order valence-corrected chi connectivity index (χ1v) is 6.04. The van der Waals surface area contributed by atoms with Gasteiger partial charge in [0.1, 0.15) is 17.3 Å². The number of aromatic nitrogens is 3. The average molecular weight is 271 g/mol. The summed E-state index contributed by atoms with van der Waals surface area (Å²) in [6, 6.07) is 7.13. The number of halogens is 2. The van der Waals surface area contributed by atoms with Crippen LogP contribution in [-0.2, 0) is 7.05 Å². The van der Waals surface area contributed by atoms with E-state index in [9.17, 15) is 8.78 Å². The molecule has 0 aliphatic rings. The molecule has 0 atom stereocenters. The van der Waals surface area contributed by atoms with Gasteiger partial charge in [0.15, 0.2) is 0 Å². The number of rotatable bonds is 2. The van der Waals surface area contributed by atoms with E-state index in [2.05, 4.69) is 10.1 Å². The van der Waals surface area contributed by atoms with Gasteiger partial charge >= 0.3 is 0 Å². The molecule has 3 aromatic rings. The molecular formula is C15H11F2N3. The number of benzene rings is 1. The summed E-state index contributed by atoms with van der Waals surface area (Å²) in [7, 11) is 1.76. The molecule has 0 fully saturated rings. The van der Waals surface area contributed by atoms with E-state index in [0.29, 0.717) is 5.69 Å². The Morgan fingerprint density at radius 3 is 2.45 bits per heavy atom. The number of nitrogens with zero attached hydrogens (tertiary/aromatic N) is 3. The molecule has 0 unspecified atom stereocenters. The second-order valence-electron chi connectivity index (χ2n) is 4.43. The SMILES string of the molecule is Cn1cc(-c2ccncc2)c(-c2ccc(F)cc2F)n1. The van der Waals surface area contributed by atoms with Crippen molar-refractivity contribution >= 4 is 0 Å². The lowest BCUT2D eigenvalue weighted by molar-refractivity contribution is 0.585. The quantitative estimate of drug-likeness (QED) is 0.715. The highest BCUT2D eigenvalue weighted by Crippen LogP contribution is 2.32. The third kappa shape index (κ3) is 2.18. The number of hydrogen-bond acceptors (Lipinski definition) is 2. The minimum absolute atomic E-state index is 0.277. The van der Waals surface area contributed by atoms with Gasteiger partial charge in [-0.15, -0.1) is 0 Å². The monoisotopic (exact) mass is 271 g/mol. The second-order valence-corrected chi connectivity index (χ2v) is 4.43. The third-order valence-corrected chi connectivity index (χ3v) is 3.01. The van der Waals surface area contributed by atoms with Crippen LogP contribution >= 0.6 is 0 Å².